The summed E-state index contributed by atoms with van der Waals surface area (Å²) < 4.78 is 25.6. The summed E-state index contributed by atoms with van der Waals surface area (Å²) in [4.78, 5) is 19.6. The van der Waals surface area contributed by atoms with Gasteiger partial charge in [-0.25, -0.2) is 4.39 Å². The van der Waals surface area contributed by atoms with Crippen molar-refractivity contribution in [2.75, 3.05) is 11.5 Å². The molecular formula is C23H16FN3O3. The molecule has 2 aliphatic rings. The van der Waals surface area contributed by atoms with Crippen molar-refractivity contribution in [3.8, 4) is 5.75 Å². The van der Waals surface area contributed by atoms with Crippen molar-refractivity contribution in [1.29, 1.82) is 0 Å². The minimum atomic E-state index is -0.991. The Morgan fingerprint density at radius 3 is 2.90 bits per heavy atom. The van der Waals surface area contributed by atoms with Crippen LogP contribution in [-0.2, 0) is 16.8 Å². The maximum absolute atomic E-state index is 14.3. The average Bonchev–Trinajstić information content (AvgIpc) is 3.39. The molecular weight excluding hydrogens is 385 g/mol. The van der Waals surface area contributed by atoms with Crippen molar-refractivity contribution in [3.05, 3.63) is 83.1 Å². The third-order valence-corrected chi connectivity index (χ3v) is 6.06. The SMILES string of the molecule is Cc1noc2cc3c(cc12)C1(CO3)C(=O)N(Cc2ncccc2F)c2ccccc21. The van der Waals surface area contributed by atoms with Crippen LogP contribution in [-0.4, -0.2) is 22.7 Å². The molecule has 2 aliphatic heterocycles. The van der Waals surface area contributed by atoms with Gasteiger partial charge in [0.05, 0.1) is 17.9 Å². The molecule has 2 aromatic heterocycles. The van der Waals surface area contributed by atoms with Crippen molar-refractivity contribution >= 4 is 22.6 Å². The van der Waals surface area contributed by atoms with E-state index in [1.165, 1.54) is 18.3 Å². The molecule has 1 unspecified atom stereocenters. The summed E-state index contributed by atoms with van der Waals surface area (Å²) in [6.45, 7) is 2.09. The number of carbonyl (C=O) groups is 1. The molecule has 2 aromatic carbocycles. The molecule has 0 fully saturated rings. The number of rotatable bonds is 2. The Morgan fingerprint density at radius 1 is 1.17 bits per heavy atom. The number of ether oxygens (including phenoxy) is 1. The number of aryl methyl sites for hydroxylation is 1. The first-order chi connectivity index (χ1) is 14.6. The molecule has 0 saturated heterocycles. The summed E-state index contributed by atoms with van der Waals surface area (Å²) in [5.41, 5.74) is 2.97. The maximum Gasteiger partial charge on any atom is 0.246 e. The van der Waals surface area contributed by atoms with Crippen molar-refractivity contribution in [2.45, 2.75) is 18.9 Å². The Bertz CT molecular complexity index is 1350. The van der Waals surface area contributed by atoms with E-state index in [0.717, 1.165) is 27.9 Å². The van der Waals surface area contributed by atoms with Gasteiger partial charge in [-0.15, -0.1) is 0 Å². The van der Waals surface area contributed by atoms with E-state index in [4.69, 9.17) is 9.26 Å². The predicted molar refractivity (Wildman–Crippen MR) is 107 cm³/mol. The highest BCUT2D eigenvalue weighted by atomic mass is 19.1. The van der Waals surface area contributed by atoms with Gasteiger partial charge in [-0.2, -0.15) is 0 Å². The monoisotopic (exact) mass is 401 g/mol. The molecule has 6 rings (SSSR count). The van der Waals surface area contributed by atoms with Gasteiger partial charge >= 0.3 is 0 Å². The maximum atomic E-state index is 14.3. The summed E-state index contributed by atoms with van der Waals surface area (Å²) in [7, 11) is 0. The average molecular weight is 401 g/mol. The molecule has 148 valence electrons. The number of benzene rings is 2. The number of halogens is 1. The van der Waals surface area contributed by atoms with Crippen LogP contribution in [0.5, 0.6) is 5.75 Å². The number of aromatic nitrogens is 2. The minimum Gasteiger partial charge on any atom is -0.491 e. The van der Waals surface area contributed by atoms with Gasteiger partial charge in [0.2, 0.25) is 5.91 Å². The van der Waals surface area contributed by atoms with E-state index < -0.39 is 11.2 Å². The molecule has 0 aliphatic carbocycles. The van der Waals surface area contributed by atoms with E-state index in [1.54, 1.807) is 11.0 Å². The summed E-state index contributed by atoms with van der Waals surface area (Å²) in [5, 5.41) is 4.86. The van der Waals surface area contributed by atoms with Crippen LogP contribution in [0.4, 0.5) is 10.1 Å². The molecule has 6 nitrogen and oxygen atoms in total. The molecule has 7 heteroatoms. The summed E-state index contributed by atoms with van der Waals surface area (Å²) in [6.07, 6.45) is 1.53. The normalized spacial score (nSPS) is 19.4. The molecule has 1 spiro atoms. The number of pyridine rings is 1. The highest BCUT2D eigenvalue weighted by molar-refractivity contribution is 6.12. The lowest BCUT2D eigenvalue weighted by Crippen LogP contribution is -2.42. The first-order valence-electron chi connectivity index (χ1n) is 9.64. The van der Waals surface area contributed by atoms with Crippen LogP contribution in [0.25, 0.3) is 11.0 Å². The van der Waals surface area contributed by atoms with Gasteiger partial charge in [-0.3, -0.25) is 9.78 Å². The fourth-order valence-electron chi connectivity index (χ4n) is 4.57. The second-order valence-electron chi connectivity index (χ2n) is 7.65. The fourth-order valence-corrected chi connectivity index (χ4v) is 4.57. The number of hydrogen-bond donors (Lipinski definition) is 0. The summed E-state index contributed by atoms with van der Waals surface area (Å²) in [6, 6.07) is 14.2. The molecule has 0 N–H and O–H groups in total. The zero-order chi connectivity index (χ0) is 20.5. The van der Waals surface area contributed by atoms with Crippen LogP contribution in [0.3, 0.4) is 0 Å². The Morgan fingerprint density at radius 2 is 2.03 bits per heavy atom. The van der Waals surface area contributed by atoms with Gasteiger partial charge in [-0.1, -0.05) is 23.4 Å². The number of amides is 1. The molecule has 4 aromatic rings. The van der Waals surface area contributed by atoms with Gasteiger partial charge in [-0.05, 0) is 36.8 Å². The summed E-state index contributed by atoms with van der Waals surface area (Å²) in [5.74, 6) is 0.0160. The molecule has 1 atom stereocenters. The molecule has 0 radical (unpaired) electrons. The molecule has 0 saturated carbocycles. The Balaban J connectivity index is 1.55. The van der Waals surface area contributed by atoms with Gasteiger partial charge in [0.15, 0.2) is 5.58 Å². The fraction of sp³-hybridized carbons (Fsp3) is 0.174. The summed E-state index contributed by atoms with van der Waals surface area (Å²) >= 11 is 0. The largest absolute Gasteiger partial charge is 0.491 e. The van der Waals surface area contributed by atoms with Gasteiger partial charge < -0.3 is 14.2 Å². The molecule has 4 heterocycles. The van der Waals surface area contributed by atoms with Crippen LogP contribution in [0.2, 0.25) is 0 Å². The zero-order valence-corrected chi connectivity index (χ0v) is 16.1. The van der Waals surface area contributed by atoms with E-state index in [0.29, 0.717) is 11.3 Å². The first kappa shape index (κ1) is 17.1. The standard InChI is InChI=1S/C23H16FN3O3/c1-13-14-9-16-21(10-20(14)30-26-13)29-12-23(16)15-5-2-3-7-19(15)27(22(23)28)11-18-17(24)6-4-8-25-18/h2-10H,11-12H2,1H3. The Hall–Kier alpha value is -3.74. The topological polar surface area (TPSA) is 68.5 Å². The highest BCUT2D eigenvalue weighted by Gasteiger charge is 2.57. The van der Waals surface area contributed by atoms with Crippen LogP contribution in [0.15, 0.2) is 59.3 Å². The number of fused-ring (bicyclic) bond motifs is 5. The van der Waals surface area contributed by atoms with Crippen molar-refractivity contribution in [1.82, 2.24) is 10.1 Å². The second-order valence-corrected chi connectivity index (χ2v) is 7.65. The first-order valence-corrected chi connectivity index (χ1v) is 9.64. The highest BCUT2D eigenvalue weighted by Crippen LogP contribution is 2.53. The number of hydrogen-bond acceptors (Lipinski definition) is 5. The Labute approximate surface area is 170 Å². The molecule has 0 bridgehead atoms. The van der Waals surface area contributed by atoms with Gasteiger partial charge in [0.25, 0.3) is 0 Å². The van der Waals surface area contributed by atoms with Gasteiger partial charge in [0.1, 0.15) is 23.6 Å². The number of nitrogens with zero attached hydrogens (tertiary/aromatic N) is 3. The van der Waals surface area contributed by atoms with Crippen molar-refractivity contribution in [2.24, 2.45) is 0 Å². The van der Waals surface area contributed by atoms with Crippen LogP contribution in [0.1, 0.15) is 22.5 Å². The third kappa shape index (κ3) is 2.09. The van der Waals surface area contributed by atoms with E-state index in [2.05, 4.69) is 10.1 Å². The lowest BCUT2D eigenvalue weighted by Gasteiger charge is -2.23. The number of para-hydroxylation sites is 1. The van der Waals surface area contributed by atoms with Crippen molar-refractivity contribution in [3.63, 3.8) is 0 Å². The quantitative estimate of drug-likeness (QED) is 0.510. The second kappa shape index (κ2) is 5.89. The number of anilines is 1. The van der Waals surface area contributed by atoms with Crippen molar-refractivity contribution < 1.29 is 18.4 Å². The molecule has 1 amide bonds. The predicted octanol–water partition coefficient (Wildman–Crippen LogP) is 3.90. The third-order valence-electron chi connectivity index (χ3n) is 6.06. The van der Waals surface area contributed by atoms with Crippen LogP contribution >= 0.6 is 0 Å². The van der Waals surface area contributed by atoms with E-state index in [1.807, 2.05) is 37.3 Å². The van der Waals surface area contributed by atoms with E-state index in [9.17, 15) is 9.18 Å². The van der Waals surface area contributed by atoms with Crippen LogP contribution < -0.4 is 9.64 Å². The minimum absolute atomic E-state index is 0.0497. The lowest BCUT2D eigenvalue weighted by atomic mass is 9.77. The smallest absolute Gasteiger partial charge is 0.246 e. The van der Waals surface area contributed by atoms with Gasteiger partial charge in [0, 0.05) is 28.9 Å². The number of carbonyl (C=O) groups excluding carboxylic acids is 1. The molecule has 30 heavy (non-hydrogen) atoms. The lowest BCUT2D eigenvalue weighted by molar-refractivity contribution is -0.122. The van der Waals surface area contributed by atoms with Crippen LogP contribution in [0, 0.1) is 12.7 Å². The Kier molecular flexibility index (Phi) is 3.36. The zero-order valence-electron chi connectivity index (χ0n) is 16.1. The van der Waals surface area contributed by atoms with E-state index >= 15 is 0 Å². The van der Waals surface area contributed by atoms with E-state index in [-0.39, 0.29) is 24.8 Å².